The zero-order valence-electron chi connectivity index (χ0n) is 14.1. The Labute approximate surface area is 142 Å². The Kier molecular flexibility index (Phi) is 9.20. The molecule has 0 unspecified atom stereocenters. The number of aliphatic hydroxyl groups excluding tert-OH is 1. The molecule has 0 atom stereocenters. The summed E-state index contributed by atoms with van der Waals surface area (Å²) in [6, 6.07) is 6.39. The molecule has 0 heterocycles. The molecule has 1 rings (SSSR count). The number of carbonyl (C=O) groups excluding carboxylic acids is 2. The van der Waals surface area contributed by atoms with Crippen LogP contribution in [0.2, 0.25) is 0 Å². The monoisotopic (exact) mass is 332 g/mol. The molecule has 0 bridgehead atoms. The Balaban J connectivity index is 2.43. The van der Waals surface area contributed by atoms with Crippen LogP contribution >= 0.6 is 0 Å². The molecule has 0 aliphatic heterocycles. The van der Waals surface area contributed by atoms with E-state index >= 15 is 0 Å². The summed E-state index contributed by atoms with van der Waals surface area (Å²) >= 11 is 0. The fourth-order valence-corrected chi connectivity index (χ4v) is 1.76. The third-order valence-corrected chi connectivity index (χ3v) is 2.90. The second-order valence-corrected chi connectivity index (χ2v) is 5.33. The highest BCUT2D eigenvalue weighted by atomic mass is 16.5. The lowest BCUT2D eigenvalue weighted by molar-refractivity contribution is 0.0837. The maximum absolute atomic E-state index is 11.9. The second-order valence-electron chi connectivity index (χ2n) is 5.33. The Morgan fingerprint density at radius 2 is 1.67 bits per heavy atom. The number of hydrogen-bond acceptors (Lipinski definition) is 4. The maximum atomic E-state index is 11.9. The number of hydrogen-bond donors (Lipinski definition) is 3. The fraction of sp³-hybridized carbons (Fsp3) is 0.444. The normalized spacial score (nSPS) is 10.0. The number of ether oxygens (including phenoxy) is 1. The molecule has 3 N–H and O–H groups in total. The molecule has 6 nitrogen and oxygen atoms in total. The SMILES string of the molecule is CC(C)C#CCNC(=O)c1ccc(C(=O)NCCOCCO)cc1. The van der Waals surface area contributed by atoms with Crippen molar-refractivity contribution >= 4 is 11.8 Å². The highest BCUT2D eigenvalue weighted by molar-refractivity contribution is 5.97. The second kappa shape index (κ2) is 11.2. The van der Waals surface area contributed by atoms with Crippen molar-refractivity contribution in [3.8, 4) is 11.8 Å². The molecule has 0 spiro atoms. The van der Waals surface area contributed by atoms with E-state index in [0.29, 0.717) is 30.8 Å². The van der Waals surface area contributed by atoms with Crippen molar-refractivity contribution in [2.75, 3.05) is 32.9 Å². The number of aliphatic hydroxyl groups is 1. The van der Waals surface area contributed by atoms with Crippen LogP contribution in [0.5, 0.6) is 0 Å². The molecule has 0 aliphatic rings. The fourth-order valence-electron chi connectivity index (χ4n) is 1.76. The van der Waals surface area contributed by atoms with Gasteiger partial charge in [-0.05, 0) is 24.3 Å². The van der Waals surface area contributed by atoms with Crippen LogP contribution < -0.4 is 10.6 Å². The van der Waals surface area contributed by atoms with Gasteiger partial charge >= 0.3 is 0 Å². The molecule has 6 heteroatoms. The van der Waals surface area contributed by atoms with Gasteiger partial charge in [-0.25, -0.2) is 0 Å². The first-order valence-electron chi connectivity index (χ1n) is 7.88. The van der Waals surface area contributed by atoms with Crippen molar-refractivity contribution < 1.29 is 19.4 Å². The van der Waals surface area contributed by atoms with Crippen molar-refractivity contribution in [3.05, 3.63) is 35.4 Å². The quantitative estimate of drug-likeness (QED) is 0.486. The van der Waals surface area contributed by atoms with E-state index in [1.54, 1.807) is 24.3 Å². The molecule has 0 saturated heterocycles. The molecule has 0 aliphatic carbocycles. The van der Waals surface area contributed by atoms with Gasteiger partial charge in [0, 0.05) is 23.6 Å². The Morgan fingerprint density at radius 3 is 2.21 bits per heavy atom. The minimum absolute atomic E-state index is 0.0411. The molecule has 0 saturated carbocycles. The molecule has 1 aromatic rings. The van der Waals surface area contributed by atoms with Crippen LogP contribution in [-0.2, 0) is 4.74 Å². The van der Waals surface area contributed by atoms with Gasteiger partial charge in [0.15, 0.2) is 0 Å². The van der Waals surface area contributed by atoms with E-state index in [4.69, 9.17) is 9.84 Å². The molecular formula is C18H24N2O4. The summed E-state index contributed by atoms with van der Waals surface area (Å²) in [6.45, 7) is 5.17. The summed E-state index contributed by atoms with van der Waals surface area (Å²) in [6.07, 6.45) is 0. The van der Waals surface area contributed by atoms with Gasteiger partial charge < -0.3 is 20.5 Å². The number of benzene rings is 1. The molecule has 24 heavy (non-hydrogen) atoms. The number of amides is 2. The van der Waals surface area contributed by atoms with Gasteiger partial charge in [0.1, 0.15) is 0 Å². The molecule has 0 fully saturated rings. The van der Waals surface area contributed by atoms with Crippen molar-refractivity contribution in [2.45, 2.75) is 13.8 Å². The zero-order valence-corrected chi connectivity index (χ0v) is 14.1. The van der Waals surface area contributed by atoms with Crippen LogP contribution in [0.4, 0.5) is 0 Å². The highest BCUT2D eigenvalue weighted by Crippen LogP contribution is 2.04. The van der Waals surface area contributed by atoms with E-state index in [0.717, 1.165) is 0 Å². The first kappa shape index (κ1) is 19.7. The summed E-state index contributed by atoms with van der Waals surface area (Å²) < 4.78 is 5.05. The lowest BCUT2D eigenvalue weighted by Crippen LogP contribution is -2.28. The molecular weight excluding hydrogens is 308 g/mol. The summed E-state index contributed by atoms with van der Waals surface area (Å²) in [5, 5.41) is 14.0. The van der Waals surface area contributed by atoms with E-state index in [9.17, 15) is 9.59 Å². The summed E-state index contributed by atoms with van der Waals surface area (Å²) in [5.74, 6) is 5.65. The van der Waals surface area contributed by atoms with Crippen molar-refractivity contribution in [1.29, 1.82) is 0 Å². The third-order valence-electron chi connectivity index (χ3n) is 2.90. The molecule has 0 radical (unpaired) electrons. The first-order chi connectivity index (χ1) is 11.5. The van der Waals surface area contributed by atoms with E-state index in [-0.39, 0.29) is 30.9 Å². The van der Waals surface area contributed by atoms with Crippen molar-refractivity contribution in [3.63, 3.8) is 0 Å². The van der Waals surface area contributed by atoms with Crippen LogP contribution in [0.25, 0.3) is 0 Å². The van der Waals surface area contributed by atoms with Gasteiger partial charge in [0.25, 0.3) is 11.8 Å². The molecule has 0 aromatic heterocycles. The van der Waals surface area contributed by atoms with Crippen LogP contribution in [0, 0.1) is 17.8 Å². The van der Waals surface area contributed by atoms with E-state index < -0.39 is 0 Å². The summed E-state index contributed by atoms with van der Waals surface area (Å²) in [7, 11) is 0. The van der Waals surface area contributed by atoms with Gasteiger partial charge in [0.05, 0.1) is 26.4 Å². The molecule has 1 aromatic carbocycles. The van der Waals surface area contributed by atoms with Crippen LogP contribution in [-0.4, -0.2) is 49.8 Å². The third kappa shape index (κ3) is 7.77. The Morgan fingerprint density at radius 1 is 1.08 bits per heavy atom. The molecule has 2 amide bonds. The Hall–Kier alpha value is -2.36. The molecule has 130 valence electrons. The van der Waals surface area contributed by atoms with E-state index in [2.05, 4.69) is 22.5 Å². The predicted molar refractivity (Wildman–Crippen MR) is 91.6 cm³/mol. The van der Waals surface area contributed by atoms with Gasteiger partial charge in [-0.15, -0.1) is 0 Å². The minimum Gasteiger partial charge on any atom is -0.394 e. The topological polar surface area (TPSA) is 87.7 Å². The van der Waals surface area contributed by atoms with Gasteiger partial charge in [-0.2, -0.15) is 0 Å². The highest BCUT2D eigenvalue weighted by Gasteiger charge is 2.08. The number of nitrogens with one attached hydrogen (secondary N) is 2. The van der Waals surface area contributed by atoms with Crippen LogP contribution in [0.1, 0.15) is 34.6 Å². The maximum Gasteiger partial charge on any atom is 0.252 e. The largest absolute Gasteiger partial charge is 0.394 e. The summed E-state index contributed by atoms with van der Waals surface area (Å²) in [5.41, 5.74) is 0.942. The first-order valence-corrected chi connectivity index (χ1v) is 7.88. The van der Waals surface area contributed by atoms with Crippen LogP contribution in [0.15, 0.2) is 24.3 Å². The van der Waals surface area contributed by atoms with Gasteiger partial charge in [-0.1, -0.05) is 25.7 Å². The van der Waals surface area contributed by atoms with E-state index in [1.165, 1.54) is 0 Å². The lowest BCUT2D eigenvalue weighted by atomic mass is 10.1. The Bertz CT molecular complexity index is 585. The average molecular weight is 332 g/mol. The van der Waals surface area contributed by atoms with Crippen LogP contribution in [0.3, 0.4) is 0 Å². The standard InChI is InChI=1S/C18H24N2O4/c1-14(2)4-3-9-19-17(22)15-5-7-16(8-6-15)18(23)20-10-12-24-13-11-21/h5-8,14,21H,9-13H2,1-2H3,(H,19,22)(H,20,23). The predicted octanol–water partition coefficient (Wildman–Crippen LogP) is 0.814. The number of rotatable bonds is 8. The number of carbonyl (C=O) groups is 2. The van der Waals surface area contributed by atoms with Crippen molar-refractivity contribution in [2.24, 2.45) is 5.92 Å². The van der Waals surface area contributed by atoms with E-state index in [1.807, 2.05) is 13.8 Å². The minimum atomic E-state index is -0.239. The van der Waals surface area contributed by atoms with Gasteiger partial charge in [0.2, 0.25) is 0 Å². The lowest BCUT2D eigenvalue weighted by Gasteiger charge is -2.07. The van der Waals surface area contributed by atoms with Gasteiger partial charge in [-0.3, -0.25) is 9.59 Å². The zero-order chi connectivity index (χ0) is 17.8. The average Bonchev–Trinajstić information content (AvgIpc) is 2.58. The summed E-state index contributed by atoms with van der Waals surface area (Å²) in [4.78, 5) is 23.8. The smallest absolute Gasteiger partial charge is 0.252 e. The van der Waals surface area contributed by atoms with Crippen molar-refractivity contribution in [1.82, 2.24) is 10.6 Å².